The number of rotatable bonds is 9. The standard InChI is InChI=1S/C15H27N3OS/c1-5-18-10-9-16-15(18)20-11-14(19)17-13(4)8-6-7-12(2)3/h9-10,12-13H,5-8,11H2,1-4H3,(H,17,19). The van der Waals surface area contributed by atoms with Gasteiger partial charge in [0.05, 0.1) is 5.75 Å². The predicted molar refractivity (Wildman–Crippen MR) is 84.9 cm³/mol. The molecule has 1 aromatic heterocycles. The Kier molecular flexibility index (Phi) is 7.73. The normalized spacial score (nSPS) is 12.7. The number of nitrogens with zero attached hydrogens (tertiary/aromatic N) is 2. The van der Waals surface area contributed by atoms with Crippen molar-refractivity contribution in [1.82, 2.24) is 14.9 Å². The summed E-state index contributed by atoms with van der Waals surface area (Å²) in [6.07, 6.45) is 7.17. The molecule has 20 heavy (non-hydrogen) atoms. The number of amides is 1. The van der Waals surface area contributed by atoms with Crippen molar-refractivity contribution in [1.29, 1.82) is 0 Å². The number of thioether (sulfide) groups is 1. The molecule has 4 nitrogen and oxygen atoms in total. The van der Waals surface area contributed by atoms with Crippen molar-refractivity contribution in [2.24, 2.45) is 5.92 Å². The molecule has 1 heterocycles. The Hall–Kier alpha value is -0.970. The molecule has 0 aliphatic heterocycles. The molecule has 1 atom stereocenters. The summed E-state index contributed by atoms with van der Waals surface area (Å²) in [5.74, 6) is 1.27. The van der Waals surface area contributed by atoms with E-state index in [-0.39, 0.29) is 11.9 Å². The maximum absolute atomic E-state index is 11.9. The van der Waals surface area contributed by atoms with E-state index in [1.807, 2.05) is 10.8 Å². The van der Waals surface area contributed by atoms with Gasteiger partial charge in [0.1, 0.15) is 0 Å². The van der Waals surface area contributed by atoms with E-state index >= 15 is 0 Å². The topological polar surface area (TPSA) is 46.9 Å². The van der Waals surface area contributed by atoms with Crippen LogP contribution < -0.4 is 5.32 Å². The number of aromatic nitrogens is 2. The zero-order valence-corrected chi connectivity index (χ0v) is 13.9. The van der Waals surface area contributed by atoms with E-state index < -0.39 is 0 Å². The maximum atomic E-state index is 11.9. The van der Waals surface area contributed by atoms with Crippen LogP contribution >= 0.6 is 11.8 Å². The summed E-state index contributed by atoms with van der Waals surface area (Å²) in [6, 6.07) is 0.257. The molecule has 1 amide bonds. The average molecular weight is 297 g/mol. The molecule has 114 valence electrons. The van der Waals surface area contributed by atoms with Crippen molar-refractivity contribution in [2.45, 2.75) is 64.7 Å². The first kappa shape index (κ1) is 17.1. The molecule has 0 fully saturated rings. The smallest absolute Gasteiger partial charge is 0.230 e. The highest BCUT2D eigenvalue weighted by molar-refractivity contribution is 7.99. The first-order chi connectivity index (χ1) is 9.52. The molecule has 0 spiro atoms. The van der Waals surface area contributed by atoms with E-state index in [1.165, 1.54) is 24.6 Å². The molecule has 0 aliphatic rings. The van der Waals surface area contributed by atoms with Crippen molar-refractivity contribution in [2.75, 3.05) is 5.75 Å². The molecule has 1 aromatic rings. The summed E-state index contributed by atoms with van der Waals surface area (Å²) in [6.45, 7) is 9.50. The van der Waals surface area contributed by atoms with Gasteiger partial charge in [-0.15, -0.1) is 0 Å². The number of carbonyl (C=O) groups excluding carboxylic acids is 1. The lowest BCUT2D eigenvalue weighted by Gasteiger charge is -2.14. The van der Waals surface area contributed by atoms with Crippen LogP contribution in [0.4, 0.5) is 0 Å². The zero-order chi connectivity index (χ0) is 15.0. The van der Waals surface area contributed by atoms with Crippen molar-refractivity contribution < 1.29 is 4.79 Å². The van der Waals surface area contributed by atoms with Gasteiger partial charge in [-0.25, -0.2) is 4.98 Å². The van der Waals surface area contributed by atoms with Gasteiger partial charge in [0, 0.05) is 25.0 Å². The third kappa shape index (κ3) is 6.46. The van der Waals surface area contributed by atoms with Crippen LogP contribution in [0, 0.1) is 5.92 Å². The van der Waals surface area contributed by atoms with Crippen molar-refractivity contribution in [3.8, 4) is 0 Å². The lowest BCUT2D eigenvalue weighted by Crippen LogP contribution is -2.33. The average Bonchev–Trinajstić information content (AvgIpc) is 2.83. The predicted octanol–water partition coefficient (Wildman–Crippen LogP) is 3.33. The summed E-state index contributed by atoms with van der Waals surface area (Å²) in [7, 11) is 0. The lowest BCUT2D eigenvalue weighted by molar-refractivity contribution is -0.119. The van der Waals surface area contributed by atoms with E-state index in [0.29, 0.717) is 5.75 Å². The quantitative estimate of drug-likeness (QED) is 0.711. The lowest BCUT2D eigenvalue weighted by atomic mass is 10.0. The number of imidazole rings is 1. The van der Waals surface area contributed by atoms with Crippen LogP contribution in [0.25, 0.3) is 0 Å². The largest absolute Gasteiger partial charge is 0.353 e. The van der Waals surface area contributed by atoms with Crippen molar-refractivity contribution in [3.63, 3.8) is 0 Å². The Balaban J connectivity index is 2.22. The van der Waals surface area contributed by atoms with E-state index in [9.17, 15) is 4.79 Å². The summed E-state index contributed by atoms with van der Waals surface area (Å²) in [5.41, 5.74) is 0. The van der Waals surface area contributed by atoms with Gasteiger partial charge in [-0.1, -0.05) is 38.5 Å². The van der Waals surface area contributed by atoms with Crippen molar-refractivity contribution >= 4 is 17.7 Å². The molecular weight excluding hydrogens is 270 g/mol. The Labute approximate surface area is 126 Å². The number of aryl methyl sites for hydroxylation is 1. The third-order valence-corrected chi connectivity index (χ3v) is 4.18. The molecule has 0 aliphatic carbocycles. The second kappa shape index (κ2) is 9.06. The van der Waals surface area contributed by atoms with E-state index in [4.69, 9.17) is 0 Å². The SMILES string of the molecule is CCn1ccnc1SCC(=O)NC(C)CCCC(C)C. The first-order valence-electron chi connectivity index (χ1n) is 7.46. The highest BCUT2D eigenvalue weighted by Crippen LogP contribution is 2.15. The third-order valence-electron chi connectivity index (χ3n) is 3.18. The highest BCUT2D eigenvalue weighted by atomic mass is 32.2. The first-order valence-corrected chi connectivity index (χ1v) is 8.44. The minimum atomic E-state index is 0.0951. The Morgan fingerprint density at radius 3 is 2.80 bits per heavy atom. The van der Waals surface area contributed by atoms with Gasteiger partial charge < -0.3 is 9.88 Å². The second-order valence-electron chi connectivity index (χ2n) is 5.58. The number of carbonyl (C=O) groups is 1. The second-order valence-corrected chi connectivity index (χ2v) is 6.52. The van der Waals surface area contributed by atoms with Crippen molar-refractivity contribution in [3.05, 3.63) is 12.4 Å². The fourth-order valence-electron chi connectivity index (χ4n) is 2.03. The zero-order valence-electron chi connectivity index (χ0n) is 13.1. The van der Waals surface area contributed by atoms with Crippen LogP contribution in [-0.2, 0) is 11.3 Å². The molecular formula is C15H27N3OS. The van der Waals surface area contributed by atoms with Gasteiger partial charge in [-0.05, 0) is 26.2 Å². The fraction of sp³-hybridized carbons (Fsp3) is 0.733. The minimum Gasteiger partial charge on any atom is -0.353 e. The molecule has 0 radical (unpaired) electrons. The maximum Gasteiger partial charge on any atom is 0.230 e. The molecule has 0 bridgehead atoms. The van der Waals surface area contributed by atoms with Crippen LogP contribution in [0.15, 0.2) is 17.6 Å². The van der Waals surface area contributed by atoms with Crippen LogP contribution in [0.2, 0.25) is 0 Å². The van der Waals surface area contributed by atoms with Gasteiger partial charge in [-0.2, -0.15) is 0 Å². The van der Waals surface area contributed by atoms with Crippen LogP contribution in [0.1, 0.15) is 47.0 Å². The van der Waals surface area contributed by atoms with Gasteiger partial charge in [-0.3, -0.25) is 4.79 Å². The van der Waals surface area contributed by atoms with Gasteiger partial charge >= 0.3 is 0 Å². The molecule has 0 saturated heterocycles. The van der Waals surface area contributed by atoms with E-state index in [0.717, 1.165) is 24.0 Å². The monoisotopic (exact) mass is 297 g/mol. The Morgan fingerprint density at radius 2 is 2.15 bits per heavy atom. The summed E-state index contributed by atoms with van der Waals surface area (Å²) in [4.78, 5) is 16.1. The number of nitrogens with one attached hydrogen (secondary N) is 1. The molecule has 1 rings (SSSR count). The van der Waals surface area contributed by atoms with Crippen LogP contribution in [0.3, 0.4) is 0 Å². The summed E-state index contributed by atoms with van der Waals surface area (Å²) >= 11 is 1.50. The van der Waals surface area contributed by atoms with E-state index in [2.05, 4.69) is 38.0 Å². The van der Waals surface area contributed by atoms with Crippen LogP contribution in [-0.4, -0.2) is 27.3 Å². The Bertz CT molecular complexity index is 404. The van der Waals surface area contributed by atoms with E-state index in [1.54, 1.807) is 6.20 Å². The number of hydrogen-bond acceptors (Lipinski definition) is 3. The molecule has 1 unspecified atom stereocenters. The molecule has 0 saturated carbocycles. The Morgan fingerprint density at radius 1 is 1.40 bits per heavy atom. The minimum absolute atomic E-state index is 0.0951. The van der Waals surface area contributed by atoms with Gasteiger partial charge in [0.15, 0.2) is 5.16 Å². The van der Waals surface area contributed by atoms with Gasteiger partial charge in [0.25, 0.3) is 0 Å². The molecule has 1 N–H and O–H groups in total. The molecule has 0 aromatic carbocycles. The summed E-state index contributed by atoms with van der Waals surface area (Å²) in [5, 5.41) is 3.97. The van der Waals surface area contributed by atoms with Crippen LogP contribution in [0.5, 0.6) is 0 Å². The highest BCUT2D eigenvalue weighted by Gasteiger charge is 2.10. The number of hydrogen-bond donors (Lipinski definition) is 1. The fourth-order valence-corrected chi connectivity index (χ4v) is 2.86. The molecule has 5 heteroatoms. The summed E-state index contributed by atoms with van der Waals surface area (Å²) < 4.78 is 2.05. The van der Waals surface area contributed by atoms with Gasteiger partial charge in [0.2, 0.25) is 5.91 Å².